The van der Waals surface area contributed by atoms with Gasteiger partial charge in [0.15, 0.2) is 0 Å². The highest BCUT2D eigenvalue weighted by atomic mass is 16.4. The largest absolute Gasteiger partial charge is 0.475 e. The summed E-state index contributed by atoms with van der Waals surface area (Å²) in [6.07, 6.45) is 4.64. The Hall–Kier alpha value is -1.32. The molecule has 0 fully saturated rings. The second-order valence-electron chi connectivity index (χ2n) is 2.65. The molecule has 0 aliphatic heterocycles. The van der Waals surface area contributed by atoms with Crippen LogP contribution >= 0.6 is 0 Å². The highest BCUT2D eigenvalue weighted by Gasteiger charge is 2.06. The third-order valence-corrected chi connectivity index (χ3v) is 1.62. The molecule has 0 unspecified atom stereocenters. The molecule has 12 heavy (non-hydrogen) atoms. The third kappa shape index (κ3) is 2.08. The zero-order valence-electron chi connectivity index (χ0n) is 7.00. The van der Waals surface area contributed by atoms with E-state index >= 15 is 0 Å². The van der Waals surface area contributed by atoms with Crippen LogP contribution in [-0.2, 0) is 6.42 Å². The van der Waals surface area contributed by atoms with E-state index < -0.39 is 5.97 Å². The number of carboxylic acids is 1. The van der Waals surface area contributed by atoms with Crippen LogP contribution in [0.25, 0.3) is 0 Å². The molecule has 0 spiro atoms. The van der Waals surface area contributed by atoms with Crippen molar-refractivity contribution < 1.29 is 9.90 Å². The lowest BCUT2D eigenvalue weighted by Crippen LogP contribution is -1.98. The summed E-state index contributed by atoms with van der Waals surface area (Å²) in [4.78, 5) is 16.9. The Morgan fingerprint density at radius 2 is 2.50 bits per heavy atom. The summed E-state index contributed by atoms with van der Waals surface area (Å²) in [5.74, 6) is -0.973. The predicted molar refractivity (Wildman–Crippen MR) is 44.2 cm³/mol. The van der Waals surface area contributed by atoms with E-state index in [4.69, 9.17) is 5.11 Å². The number of unbranched alkanes of at least 4 members (excludes halogenated alkanes) is 1. The van der Waals surface area contributed by atoms with Crippen LogP contribution in [0.4, 0.5) is 0 Å². The smallest absolute Gasteiger partial charge is 0.371 e. The number of nitrogens with one attached hydrogen (secondary N) is 1. The first-order valence-corrected chi connectivity index (χ1v) is 4.01. The number of rotatable bonds is 4. The van der Waals surface area contributed by atoms with Gasteiger partial charge in [-0.2, -0.15) is 0 Å². The lowest BCUT2D eigenvalue weighted by Gasteiger charge is -1.90. The normalized spacial score (nSPS) is 10.1. The van der Waals surface area contributed by atoms with Gasteiger partial charge in [0, 0.05) is 6.20 Å². The van der Waals surface area contributed by atoms with E-state index in [1.165, 1.54) is 0 Å². The maximum absolute atomic E-state index is 10.4. The van der Waals surface area contributed by atoms with Gasteiger partial charge in [0.1, 0.15) is 0 Å². The molecule has 0 saturated carbocycles. The quantitative estimate of drug-likeness (QED) is 0.715. The molecule has 0 radical (unpaired) electrons. The van der Waals surface area contributed by atoms with Crippen molar-refractivity contribution in [2.75, 3.05) is 0 Å². The molecule has 0 aromatic carbocycles. The van der Waals surface area contributed by atoms with Crippen LogP contribution in [0.1, 0.15) is 36.1 Å². The van der Waals surface area contributed by atoms with Crippen LogP contribution in [-0.4, -0.2) is 21.0 Å². The fourth-order valence-electron chi connectivity index (χ4n) is 0.955. The van der Waals surface area contributed by atoms with Gasteiger partial charge in [0.05, 0.1) is 5.69 Å². The van der Waals surface area contributed by atoms with Gasteiger partial charge in [-0.3, -0.25) is 0 Å². The van der Waals surface area contributed by atoms with E-state index in [0.717, 1.165) is 25.0 Å². The number of nitrogens with zero attached hydrogens (tertiary/aromatic N) is 1. The van der Waals surface area contributed by atoms with Crippen molar-refractivity contribution in [2.45, 2.75) is 26.2 Å². The highest BCUT2D eigenvalue weighted by molar-refractivity contribution is 5.83. The monoisotopic (exact) mass is 168 g/mol. The Labute approximate surface area is 70.6 Å². The first-order chi connectivity index (χ1) is 5.74. The fraction of sp³-hybridized carbons (Fsp3) is 0.500. The lowest BCUT2D eigenvalue weighted by molar-refractivity contribution is 0.0684. The number of hydrogen-bond donors (Lipinski definition) is 2. The molecule has 1 heterocycles. The maximum Gasteiger partial charge on any atom is 0.371 e. The molecule has 1 aromatic heterocycles. The van der Waals surface area contributed by atoms with E-state index in [2.05, 4.69) is 16.9 Å². The second kappa shape index (κ2) is 3.90. The van der Waals surface area contributed by atoms with Crippen molar-refractivity contribution in [3.63, 3.8) is 0 Å². The van der Waals surface area contributed by atoms with Gasteiger partial charge in [0.2, 0.25) is 5.82 Å². The first kappa shape index (κ1) is 8.77. The Kier molecular flexibility index (Phi) is 2.85. The van der Waals surface area contributed by atoms with E-state index in [0.29, 0.717) is 0 Å². The minimum absolute atomic E-state index is 0.0288. The Morgan fingerprint density at radius 3 is 3.00 bits per heavy atom. The molecular formula is C8H12N2O2. The molecule has 0 saturated heterocycles. The predicted octanol–water partition coefficient (Wildman–Crippen LogP) is 1.45. The molecule has 1 rings (SSSR count). The van der Waals surface area contributed by atoms with Gasteiger partial charge >= 0.3 is 5.97 Å². The molecule has 0 aliphatic rings. The van der Waals surface area contributed by atoms with Crippen LogP contribution in [0.2, 0.25) is 0 Å². The number of hydrogen-bond acceptors (Lipinski definition) is 2. The number of carboxylic acid groups (broad SMARTS) is 1. The fourth-order valence-corrected chi connectivity index (χ4v) is 0.955. The molecular weight excluding hydrogens is 156 g/mol. The summed E-state index contributed by atoms with van der Waals surface area (Å²) < 4.78 is 0. The van der Waals surface area contributed by atoms with Crippen molar-refractivity contribution in [1.29, 1.82) is 0 Å². The molecule has 4 nitrogen and oxygen atoms in total. The molecule has 2 N–H and O–H groups in total. The standard InChI is InChI=1S/C8H12N2O2/c1-2-3-4-6-5-9-7(10-6)8(11)12/h5H,2-4H2,1H3,(H,9,10)(H,11,12). The van der Waals surface area contributed by atoms with E-state index in [9.17, 15) is 4.79 Å². The number of H-pyrrole nitrogens is 1. The molecule has 0 bridgehead atoms. The minimum atomic E-state index is -1.00. The molecule has 0 atom stereocenters. The summed E-state index contributed by atoms with van der Waals surface area (Å²) >= 11 is 0. The van der Waals surface area contributed by atoms with E-state index in [-0.39, 0.29) is 5.82 Å². The van der Waals surface area contributed by atoms with Gasteiger partial charge < -0.3 is 10.1 Å². The topological polar surface area (TPSA) is 66.0 Å². The number of aromatic amines is 1. The van der Waals surface area contributed by atoms with Crippen molar-refractivity contribution in [1.82, 2.24) is 9.97 Å². The van der Waals surface area contributed by atoms with Gasteiger partial charge in [-0.15, -0.1) is 0 Å². The number of aromatic nitrogens is 2. The highest BCUT2D eigenvalue weighted by Crippen LogP contribution is 2.02. The zero-order chi connectivity index (χ0) is 8.97. The Bertz CT molecular complexity index is 268. The number of carbonyl (C=O) groups is 1. The van der Waals surface area contributed by atoms with Crippen LogP contribution in [0, 0.1) is 0 Å². The molecule has 0 aliphatic carbocycles. The summed E-state index contributed by atoms with van der Waals surface area (Å²) in [6, 6.07) is 0. The minimum Gasteiger partial charge on any atom is -0.475 e. The van der Waals surface area contributed by atoms with Crippen molar-refractivity contribution in [3.8, 4) is 0 Å². The second-order valence-corrected chi connectivity index (χ2v) is 2.65. The third-order valence-electron chi connectivity index (χ3n) is 1.62. The molecule has 1 aromatic rings. The van der Waals surface area contributed by atoms with Gasteiger partial charge in [-0.25, -0.2) is 9.78 Å². The van der Waals surface area contributed by atoms with Crippen LogP contribution < -0.4 is 0 Å². The van der Waals surface area contributed by atoms with Gasteiger partial charge in [-0.1, -0.05) is 13.3 Å². The number of imidazole rings is 1. The summed E-state index contributed by atoms with van der Waals surface area (Å²) in [6.45, 7) is 2.09. The molecule has 0 amide bonds. The number of aryl methyl sites for hydroxylation is 1. The van der Waals surface area contributed by atoms with Crippen molar-refractivity contribution in [3.05, 3.63) is 17.7 Å². The van der Waals surface area contributed by atoms with Crippen LogP contribution in [0.5, 0.6) is 0 Å². The summed E-state index contributed by atoms with van der Waals surface area (Å²) in [7, 11) is 0. The van der Waals surface area contributed by atoms with Crippen LogP contribution in [0.3, 0.4) is 0 Å². The number of aromatic carboxylic acids is 1. The van der Waals surface area contributed by atoms with Gasteiger partial charge in [0.25, 0.3) is 0 Å². The molecule has 66 valence electrons. The van der Waals surface area contributed by atoms with E-state index in [1.807, 2.05) is 0 Å². The average molecular weight is 168 g/mol. The van der Waals surface area contributed by atoms with Crippen molar-refractivity contribution in [2.24, 2.45) is 0 Å². The average Bonchev–Trinajstić information content (AvgIpc) is 2.48. The Morgan fingerprint density at radius 1 is 1.75 bits per heavy atom. The SMILES string of the molecule is CCCCc1c[nH]c(C(=O)O)n1. The lowest BCUT2D eigenvalue weighted by atomic mass is 10.2. The summed E-state index contributed by atoms with van der Waals surface area (Å²) in [5, 5.41) is 8.53. The molecule has 4 heteroatoms. The zero-order valence-corrected chi connectivity index (χ0v) is 7.00. The van der Waals surface area contributed by atoms with E-state index in [1.54, 1.807) is 6.20 Å². The van der Waals surface area contributed by atoms with Gasteiger partial charge in [-0.05, 0) is 12.8 Å². The maximum atomic E-state index is 10.4. The Balaban J connectivity index is 2.58. The van der Waals surface area contributed by atoms with Crippen LogP contribution in [0.15, 0.2) is 6.20 Å². The first-order valence-electron chi connectivity index (χ1n) is 4.01. The summed E-state index contributed by atoms with van der Waals surface area (Å²) in [5.41, 5.74) is 0.828. The van der Waals surface area contributed by atoms with Crippen molar-refractivity contribution >= 4 is 5.97 Å².